The summed E-state index contributed by atoms with van der Waals surface area (Å²) >= 11 is 1.28. The fourth-order valence-corrected chi connectivity index (χ4v) is 5.24. The molecular formula is C27H24N4O3S. The van der Waals surface area contributed by atoms with Gasteiger partial charge in [-0.05, 0) is 23.8 Å². The van der Waals surface area contributed by atoms with Crippen LogP contribution in [0.3, 0.4) is 0 Å². The zero-order valence-electron chi connectivity index (χ0n) is 19.1. The molecule has 3 aromatic rings. The average Bonchev–Trinajstić information content (AvgIpc) is 3.49. The highest BCUT2D eigenvalue weighted by Crippen LogP contribution is 2.41. The van der Waals surface area contributed by atoms with Gasteiger partial charge in [-0.2, -0.15) is 10.1 Å². The van der Waals surface area contributed by atoms with Crippen molar-refractivity contribution in [3.8, 4) is 5.75 Å². The fraction of sp³-hybridized carbons (Fsp3) is 0.185. The number of benzene rings is 3. The van der Waals surface area contributed by atoms with E-state index >= 15 is 0 Å². The minimum absolute atomic E-state index is 0.0355. The van der Waals surface area contributed by atoms with Crippen molar-refractivity contribution in [1.82, 2.24) is 5.01 Å². The Kier molecular flexibility index (Phi) is 6.63. The largest absolute Gasteiger partial charge is 0.496 e. The van der Waals surface area contributed by atoms with Crippen LogP contribution in [0.4, 0.5) is 5.69 Å². The predicted octanol–water partition coefficient (Wildman–Crippen LogP) is 4.87. The van der Waals surface area contributed by atoms with E-state index in [1.165, 1.54) is 11.8 Å². The third kappa shape index (κ3) is 4.97. The first-order valence-electron chi connectivity index (χ1n) is 11.3. The molecule has 2 atom stereocenters. The molecule has 0 saturated carbocycles. The van der Waals surface area contributed by atoms with E-state index in [2.05, 4.69) is 10.3 Å². The number of hydrazone groups is 1. The number of methoxy groups -OCH3 is 1. The summed E-state index contributed by atoms with van der Waals surface area (Å²) in [6.07, 6.45) is 0.672. The van der Waals surface area contributed by atoms with Gasteiger partial charge in [-0.25, -0.2) is 5.01 Å². The molecule has 0 saturated heterocycles. The molecule has 2 aliphatic rings. The zero-order chi connectivity index (χ0) is 24.2. The van der Waals surface area contributed by atoms with Gasteiger partial charge in [0, 0.05) is 24.1 Å². The van der Waals surface area contributed by atoms with Gasteiger partial charge < -0.3 is 10.1 Å². The van der Waals surface area contributed by atoms with Crippen LogP contribution in [0.5, 0.6) is 5.75 Å². The number of anilines is 1. The molecular weight excluding hydrogens is 460 g/mol. The summed E-state index contributed by atoms with van der Waals surface area (Å²) in [6, 6.07) is 26.8. The van der Waals surface area contributed by atoms with Crippen LogP contribution in [0.1, 0.15) is 30.0 Å². The van der Waals surface area contributed by atoms with Gasteiger partial charge in [0.1, 0.15) is 11.0 Å². The second-order valence-electron chi connectivity index (χ2n) is 8.18. The number of amidine groups is 1. The number of ether oxygens (including phenoxy) is 1. The van der Waals surface area contributed by atoms with Crippen molar-refractivity contribution in [3.05, 3.63) is 96.1 Å². The van der Waals surface area contributed by atoms with Crippen LogP contribution in [0, 0.1) is 0 Å². The maximum absolute atomic E-state index is 12.8. The summed E-state index contributed by atoms with van der Waals surface area (Å²) in [6.45, 7) is 0. The van der Waals surface area contributed by atoms with Crippen LogP contribution >= 0.6 is 11.8 Å². The minimum atomic E-state index is -0.594. The fourth-order valence-electron chi connectivity index (χ4n) is 4.18. The first-order valence-corrected chi connectivity index (χ1v) is 12.2. The number of para-hydroxylation sites is 2. The van der Waals surface area contributed by atoms with E-state index in [-0.39, 0.29) is 24.3 Å². The highest BCUT2D eigenvalue weighted by Gasteiger charge is 2.40. The SMILES string of the molecule is COc1ccccc1C1CC(c2ccccc2)=NN1C1=NC(=O)C(CC(=O)Nc2ccccc2)S1. The minimum Gasteiger partial charge on any atom is -0.496 e. The molecule has 0 bridgehead atoms. The molecule has 0 fully saturated rings. The van der Waals surface area contributed by atoms with Crippen LogP contribution in [0.15, 0.2) is 95.0 Å². The van der Waals surface area contributed by atoms with Gasteiger partial charge in [-0.3, -0.25) is 9.59 Å². The highest BCUT2D eigenvalue weighted by atomic mass is 32.2. The Morgan fingerprint density at radius 3 is 2.46 bits per heavy atom. The summed E-state index contributed by atoms with van der Waals surface area (Å²) in [5.74, 6) is 0.200. The number of nitrogens with zero attached hydrogens (tertiary/aromatic N) is 3. The Balaban J connectivity index is 1.38. The molecule has 0 spiro atoms. The van der Waals surface area contributed by atoms with E-state index in [1.54, 1.807) is 12.1 Å². The Morgan fingerprint density at radius 1 is 1.03 bits per heavy atom. The number of carbonyl (C=O) groups is 2. The lowest BCUT2D eigenvalue weighted by Crippen LogP contribution is -2.25. The van der Waals surface area contributed by atoms with Gasteiger partial charge in [0.2, 0.25) is 5.91 Å². The number of carbonyl (C=O) groups excluding carboxylic acids is 2. The molecule has 7 nitrogen and oxygen atoms in total. The summed E-state index contributed by atoms with van der Waals surface area (Å²) in [5, 5.41) is 9.42. The van der Waals surface area contributed by atoms with Crippen LogP contribution < -0.4 is 10.1 Å². The maximum atomic E-state index is 12.8. The van der Waals surface area contributed by atoms with E-state index in [0.29, 0.717) is 17.3 Å². The second-order valence-corrected chi connectivity index (χ2v) is 9.35. The Labute approximate surface area is 207 Å². The number of hydrogen-bond acceptors (Lipinski definition) is 6. The van der Waals surface area contributed by atoms with Crippen molar-refractivity contribution in [2.45, 2.75) is 24.1 Å². The standard InChI is InChI=1S/C27H24N4O3S/c1-34-23-15-9-8-14-20(23)22-16-21(18-10-4-2-5-11-18)30-31(22)27-29-26(33)24(35-27)17-25(32)28-19-12-6-3-7-13-19/h2-15,22,24H,16-17H2,1H3,(H,28,32). The number of hydrogen-bond donors (Lipinski definition) is 1. The monoisotopic (exact) mass is 484 g/mol. The van der Waals surface area contributed by atoms with E-state index in [0.717, 1.165) is 22.6 Å². The Hall–Kier alpha value is -3.91. The summed E-state index contributed by atoms with van der Waals surface area (Å²) < 4.78 is 5.62. The zero-order valence-corrected chi connectivity index (χ0v) is 19.9. The lowest BCUT2D eigenvalue weighted by Gasteiger charge is -2.24. The molecule has 0 aliphatic carbocycles. The Morgan fingerprint density at radius 2 is 1.71 bits per heavy atom. The lowest BCUT2D eigenvalue weighted by molar-refractivity contribution is -0.121. The first-order chi connectivity index (χ1) is 17.1. The van der Waals surface area contributed by atoms with Crippen molar-refractivity contribution in [2.75, 3.05) is 12.4 Å². The smallest absolute Gasteiger partial charge is 0.262 e. The molecule has 0 radical (unpaired) electrons. The van der Waals surface area contributed by atoms with Gasteiger partial charge in [-0.1, -0.05) is 78.5 Å². The van der Waals surface area contributed by atoms with Gasteiger partial charge in [0.15, 0.2) is 5.17 Å². The number of rotatable bonds is 6. The maximum Gasteiger partial charge on any atom is 0.262 e. The van der Waals surface area contributed by atoms with Gasteiger partial charge in [-0.15, -0.1) is 0 Å². The molecule has 2 amide bonds. The van der Waals surface area contributed by atoms with Crippen LogP contribution in [0.2, 0.25) is 0 Å². The van der Waals surface area contributed by atoms with Crippen molar-refractivity contribution in [3.63, 3.8) is 0 Å². The normalized spacial score (nSPS) is 19.3. The molecule has 1 N–H and O–H groups in total. The highest BCUT2D eigenvalue weighted by molar-refractivity contribution is 8.15. The Bertz CT molecular complexity index is 1290. The molecule has 35 heavy (non-hydrogen) atoms. The molecule has 5 rings (SSSR count). The van der Waals surface area contributed by atoms with E-state index in [9.17, 15) is 9.59 Å². The van der Waals surface area contributed by atoms with Crippen LogP contribution in [-0.2, 0) is 9.59 Å². The topological polar surface area (TPSA) is 83.4 Å². The molecule has 8 heteroatoms. The third-order valence-electron chi connectivity index (χ3n) is 5.87. The summed E-state index contributed by atoms with van der Waals surface area (Å²) in [5.41, 5.74) is 3.58. The third-order valence-corrected chi connectivity index (χ3v) is 7.01. The molecule has 2 heterocycles. The number of aliphatic imine (C=N–C) groups is 1. The van der Waals surface area contributed by atoms with E-state index < -0.39 is 5.25 Å². The van der Waals surface area contributed by atoms with Crippen LogP contribution in [-0.4, -0.2) is 40.1 Å². The van der Waals surface area contributed by atoms with Gasteiger partial charge >= 0.3 is 0 Å². The van der Waals surface area contributed by atoms with Crippen molar-refractivity contribution in [1.29, 1.82) is 0 Å². The molecule has 3 aromatic carbocycles. The number of amides is 2. The van der Waals surface area contributed by atoms with Crippen LogP contribution in [0.25, 0.3) is 0 Å². The number of nitrogens with one attached hydrogen (secondary N) is 1. The molecule has 2 unspecified atom stereocenters. The van der Waals surface area contributed by atoms with Crippen molar-refractivity contribution < 1.29 is 14.3 Å². The van der Waals surface area contributed by atoms with Gasteiger partial charge in [0.05, 0.1) is 18.9 Å². The molecule has 0 aromatic heterocycles. The molecule has 176 valence electrons. The average molecular weight is 485 g/mol. The first kappa shape index (κ1) is 22.9. The molecule has 2 aliphatic heterocycles. The summed E-state index contributed by atoms with van der Waals surface area (Å²) in [7, 11) is 1.64. The lowest BCUT2D eigenvalue weighted by atomic mass is 9.98. The van der Waals surface area contributed by atoms with E-state index in [4.69, 9.17) is 9.84 Å². The van der Waals surface area contributed by atoms with Gasteiger partial charge in [0.25, 0.3) is 5.91 Å². The summed E-state index contributed by atoms with van der Waals surface area (Å²) in [4.78, 5) is 29.6. The van der Waals surface area contributed by atoms with Crippen molar-refractivity contribution in [2.24, 2.45) is 10.1 Å². The van der Waals surface area contributed by atoms with Crippen molar-refractivity contribution >= 4 is 40.1 Å². The van der Waals surface area contributed by atoms with E-state index in [1.807, 2.05) is 84.9 Å². The quantitative estimate of drug-likeness (QED) is 0.540. The second kappa shape index (κ2) is 10.1. The predicted molar refractivity (Wildman–Crippen MR) is 139 cm³/mol. The number of thioether (sulfide) groups is 1.